The van der Waals surface area contributed by atoms with Crippen LogP contribution in [-0.2, 0) is 0 Å². The maximum absolute atomic E-state index is 12.6. The number of rotatable bonds is 3. The summed E-state index contributed by atoms with van der Waals surface area (Å²) in [6.07, 6.45) is 1.36. The quantitative estimate of drug-likeness (QED) is 0.677. The first-order chi connectivity index (χ1) is 13.9. The number of fused-ring (bicyclic) bond motifs is 1. The van der Waals surface area contributed by atoms with E-state index in [0.29, 0.717) is 6.54 Å². The number of carbonyl (C=O) groups is 1. The van der Waals surface area contributed by atoms with Crippen LogP contribution < -0.4 is 5.32 Å². The zero-order valence-corrected chi connectivity index (χ0v) is 17.6. The fourth-order valence-corrected chi connectivity index (χ4v) is 4.44. The Balaban J connectivity index is 1.78. The zero-order valence-electron chi connectivity index (χ0n) is 17.6. The number of carbonyl (C=O) groups excluding carboxylic acids is 1. The molecule has 1 aromatic rings. The molecular weight excluding hydrogens is 366 g/mol. The minimum atomic E-state index is -0.647. The topological polar surface area (TPSA) is 76.0 Å². The van der Waals surface area contributed by atoms with E-state index in [1.165, 1.54) is 0 Å². The molecule has 0 bridgehead atoms. The van der Waals surface area contributed by atoms with Gasteiger partial charge < -0.3 is 20.4 Å². The van der Waals surface area contributed by atoms with Crippen LogP contribution in [0.1, 0.15) is 50.7 Å². The molecule has 2 aliphatic heterocycles. The van der Waals surface area contributed by atoms with Gasteiger partial charge in [-0.3, -0.25) is 4.90 Å². The predicted octanol–water partition coefficient (Wildman–Crippen LogP) is 1.76. The summed E-state index contributed by atoms with van der Waals surface area (Å²) in [6.45, 7) is 8.11. The predicted molar refractivity (Wildman–Crippen MR) is 114 cm³/mol. The Morgan fingerprint density at radius 2 is 1.90 bits per heavy atom. The maximum Gasteiger partial charge on any atom is 0.317 e. The second-order valence-corrected chi connectivity index (χ2v) is 8.41. The molecular formula is C23H33N3O3. The van der Waals surface area contributed by atoms with Crippen LogP contribution in [0.2, 0.25) is 0 Å². The van der Waals surface area contributed by atoms with Crippen LogP contribution in [0.4, 0.5) is 4.79 Å². The third-order valence-corrected chi connectivity index (χ3v) is 5.79. The molecule has 4 atom stereocenters. The Labute approximate surface area is 173 Å². The van der Waals surface area contributed by atoms with E-state index in [4.69, 9.17) is 0 Å². The molecule has 0 aromatic heterocycles. The molecule has 2 amide bonds. The molecule has 6 nitrogen and oxygen atoms in total. The largest absolute Gasteiger partial charge is 0.395 e. The van der Waals surface area contributed by atoms with Crippen molar-refractivity contribution in [3.8, 4) is 11.8 Å². The Morgan fingerprint density at radius 3 is 2.52 bits per heavy atom. The van der Waals surface area contributed by atoms with E-state index in [-0.39, 0.29) is 36.7 Å². The highest BCUT2D eigenvalue weighted by molar-refractivity contribution is 5.74. The Morgan fingerprint density at radius 1 is 1.21 bits per heavy atom. The molecule has 158 valence electrons. The first-order valence-electron chi connectivity index (χ1n) is 10.6. The van der Waals surface area contributed by atoms with Gasteiger partial charge in [-0.15, -0.1) is 0 Å². The number of hydrogen-bond acceptors (Lipinski definition) is 4. The Hall–Kier alpha value is -2.07. The lowest BCUT2D eigenvalue weighted by Crippen LogP contribution is -2.68. The minimum Gasteiger partial charge on any atom is -0.395 e. The molecule has 1 aromatic carbocycles. The second-order valence-electron chi connectivity index (χ2n) is 8.41. The molecule has 29 heavy (non-hydrogen) atoms. The SMILES string of the molecule is CC(C)NC(=O)N1CCCCN2[C@H](CO)[C@H](c3ccc(C#C[C@@H](C)O)cc3)[C@@H]2C1. The molecule has 0 aliphatic carbocycles. The maximum atomic E-state index is 12.6. The Bertz CT molecular complexity index is 751. The van der Waals surface area contributed by atoms with E-state index < -0.39 is 6.10 Å². The third kappa shape index (κ3) is 5.11. The van der Waals surface area contributed by atoms with Crippen molar-refractivity contribution in [1.82, 2.24) is 15.1 Å². The molecule has 3 N–H and O–H groups in total. The smallest absolute Gasteiger partial charge is 0.317 e. The van der Waals surface area contributed by atoms with Crippen LogP contribution >= 0.6 is 0 Å². The number of urea groups is 1. The van der Waals surface area contributed by atoms with Gasteiger partial charge in [0, 0.05) is 42.7 Å². The zero-order chi connectivity index (χ0) is 21.0. The first-order valence-corrected chi connectivity index (χ1v) is 10.6. The lowest BCUT2D eigenvalue weighted by molar-refractivity contribution is -0.0591. The fraction of sp³-hybridized carbons (Fsp3) is 0.609. The van der Waals surface area contributed by atoms with Crippen LogP contribution in [-0.4, -0.2) is 76.5 Å². The van der Waals surface area contributed by atoms with Gasteiger partial charge in [-0.05, 0) is 57.9 Å². The van der Waals surface area contributed by atoms with E-state index in [1.54, 1.807) is 6.92 Å². The third-order valence-electron chi connectivity index (χ3n) is 5.79. The molecule has 0 unspecified atom stereocenters. The summed E-state index contributed by atoms with van der Waals surface area (Å²) in [5, 5.41) is 22.4. The highest BCUT2D eigenvalue weighted by Gasteiger charge is 2.49. The Kier molecular flexibility index (Phi) is 7.18. The van der Waals surface area contributed by atoms with Crippen LogP contribution in [0, 0.1) is 11.8 Å². The summed E-state index contributed by atoms with van der Waals surface area (Å²) in [4.78, 5) is 16.9. The summed E-state index contributed by atoms with van der Waals surface area (Å²) >= 11 is 0. The molecule has 2 aliphatic rings. The number of amides is 2. The average Bonchev–Trinajstić information content (AvgIpc) is 2.65. The first kappa shape index (κ1) is 21.6. The van der Waals surface area contributed by atoms with Crippen molar-refractivity contribution in [2.45, 2.75) is 63.8 Å². The molecule has 0 saturated carbocycles. The van der Waals surface area contributed by atoms with Gasteiger partial charge in [-0.25, -0.2) is 4.79 Å². The van der Waals surface area contributed by atoms with Crippen molar-refractivity contribution in [3.05, 3.63) is 35.4 Å². The van der Waals surface area contributed by atoms with E-state index in [2.05, 4.69) is 34.2 Å². The number of aliphatic hydroxyl groups excluding tert-OH is 2. The van der Waals surface area contributed by atoms with Crippen LogP contribution in [0.3, 0.4) is 0 Å². The van der Waals surface area contributed by atoms with Gasteiger partial charge in [0.05, 0.1) is 6.61 Å². The lowest BCUT2D eigenvalue weighted by Gasteiger charge is -2.57. The standard InChI is InChI=1S/C23H33N3O3/c1-16(2)24-23(29)25-12-4-5-13-26-20(14-25)22(21(26)15-27)19-10-8-18(9-11-19)7-6-17(3)28/h8-11,16-17,20-22,27-28H,4-5,12-15H2,1-3H3,(H,24,29)/t17-,20+,21-,22-/m1/s1. The highest BCUT2D eigenvalue weighted by atomic mass is 16.3. The van der Waals surface area contributed by atoms with Crippen molar-refractivity contribution in [2.24, 2.45) is 0 Å². The van der Waals surface area contributed by atoms with Gasteiger partial charge in [0.2, 0.25) is 0 Å². The molecule has 2 fully saturated rings. The minimum absolute atomic E-state index is 0.00297. The van der Waals surface area contributed by atoms with Crippen molar-refractivity contribution < 1.29 is 15.0 Å². The lowest BCUT2D eigenvalue weighted by atomic mass is 9.74. The monoisotopic (exact) mass is 399 g/mol. The second kappa shape index (κ2) is 9.62. The van der Waals surface area contributed by atoms with E-state index in [0.717, 1.165) is 37.1 Å². The van der Waals surface area contributed by atoms with Crippen LogP contribution in [0.15, 0.2) is 24.3 Å². The van der Waals surface area contributed by atoms with Crippen LogP contribution in [0.25, 0.3) is 0 Å². The van der Waals surface area contributed by atoms with Crippen molar-refractivity contribution in [3.63, 3.8) is 0 Å². The molecule has 2 heterocycles. The van der Waals surface area contributed by atoms with E-state index in [9.17, 15) is 15.0 Å². The van der Waals surface area contributed by atoms with Gasteiger partial charge in [-0.2, -0.15) is 0 Å². The van der Waals surface area contributed by atoms with Gasteiger partial charge in [0.25, 0.3) is 0 Å². The average molecular weight is 400 g/mol. The molecule has 0 spiro atoms. The summed E-state index contributed by atoms with van der Waals surface area (Å²) < 4.78 is 0. The highest BCUT2D eigenvalue weighted by Crippen LogP contribution is 2.41. The van der Waals surface area contributed by atoms with Crippen molar-refractivity contribution in [1.29, 1.82) is 0 Å². The van der Waals surface area contributed by atoms with E-state index in [1.807, 2.05) is 30.9 Å². The number of hydrogen-bond donors (Lipinski definition) is 3. The van der Waals surface area contributed by atoms with Gasteiger partial charge in [-0.1, -0.05) is 24.0 Å². The van der Waals surface area contributed by atoms with Crippen LogP contribution in [0.5, 0.6) is 0 Å². The van der Waals surface area contributed by atoms with Gasteiger partial charge in [0.15, 0.2) is 0 Å². The van der Waals surface area contributed by atoms with Crippen molar-refractivity contribution in [2.75, 3.05) is 26.2 Å². The molecule has 2 saturated heterocycles. The summed E-state index contributed by atoms with van der Waals surface area (Å²) in [5.74, 6) is 5.91. The normalized spacial score (nSPS) is 25.7. The molecule has 6 heteroatoms. The van der Waals surface area contributed by atoms with E-state index >= 15 is 0 Å². The number of benzene rings is 1. The summed E-state index contributed by atoms with van der Waals surface area (Å²) in [5.41, 5.74) is 2.03. The molecule has 0 radical (unpaired) electrons. The van der Waals surface area contributed by atoms with Crippen molar-refractivity contribution >= 4 is 6.03 Å². The van der Waals surface area contributed by atoms with Gasteiger partial charge >= 0.3 is 6.03 Å². The summed E-state index contributed by atoms with van der Waals surface area (Å²) in [6, 6.07) is 8.46. The number of nitrogens with one attached hydrogen (secondary N) is 1. The number of nitrogens with zero attached hydrogens (tertiary/aromatic N) is 2. The molecule has 3 rings (SSSR count). The number of aliphatic hydroxyl groups is 2. The summed E-state index contributed by atoms with van der Waals surface area (Å²) in [7, 11) is 0. The fourth-order valence-electron chi connectivity index (χ4n) is 4.44. The van der Waals surface area contributed by atoms with Gasteiger partial charge in [0.1, 0.15) is 6.10 Å².